The Morgan fingerprint density at radius 3 is 2.76 bits per heavy atom. The second kappa shape index (κ2) is 5.85. The molecule has 2 rings (SSSR count). The van der Waals surface area contributed by atoms with Gasteiger partial charge in [0, 0.05) is 18.9 Å². The maximum atomic E-state index is 12.3. The molecule has 0 spiro atoms. The van der Waals surface area contributed by atoms with Crippen LogP contribution in [0, 0.1) is 5.92 Å². The van der Waals surface area contributed by atoms with Crippen molar-refractivity contribution in [2.45, 2.75) is 32.9 Å². The molecule has 0 aromatic carbocycles. The largest absolute Gasteiger partial charge is 0.480 e. The van der Waals surface area contributed by atoms with Crippen molar-refractivity contribution in [1.29, 1.82) is 0 Å². The summed E-state index contributed by atoms with van der Waals surface area (Å²) in [6.07, 6.45) is 3.30. The number of hydrogen-bond acceptors (Lipinski definition) is 5. The molecule has 0 saturated carbocycles. The summed E-state index contributed by atoms with van der Waals surface area (Å²) in [5, 5.41) is 8.64. The topological polar surface area (TPSA) is 84.7 Å². The van der Waals surface area contributed by atoms with E-state index in [4.69, 9.17) is 9.84 Å². The molecular weight excluding hydrogens is 274 g/mol. The van der Waals surface area contributed by atoms with Crippen molar-refractivity contribution in [3.63, 3.8) is 0 Å². The van der Waals surface area contributed by atoms with Gasteiger partial charge in [0.1, 0.15) is 12.2 Å². The third-order valence-electron chi connectivity index (χ3n) is 3.35. The molecule has 1 aromatic heterocycles. The third-order valence-corrected chi connectivity index (χ3v) is 3.35. The molecule has 21 heavy (non-hydrogen) atoms. The number of anilines is 1. The van der Waals surface area contributed by atoms with Crippen LogP contribution in [0.15, 0.2) is 17.2 Å². The molecular formula is C14H21N3O4. The van der Waals surface area contributed by atoms with E-state index < -0.39 is 11.6 Å². The zero-order chi connectivity index (χ0) is 15.6. The number of carbonyl (C=O) groups is 1. The number of ether oxygens (including phenoxy) is 1. The van der Waals surface area contributed by atoms with E-state index in [-0.39, 0.29) is 12.2 Å². The van der Waals surface area contributed by atoms with Crippen LogP contribution in [0.25, 0.3) is 0 Å². The second-order valence-electron chi connectivity index (χ2n) is 6.09. The third kappa shape index (κ3) is 3.60. The van der Waals surface area contributed by atoms with Crippen LogP contribution in [0.4, 0.5) is 5.82 Å². The molecule has 1 aliphatic rings. The van der Waals surface area contributed by atoms with Crippen molar-refractivity contribution in [3.05, 3.63) is 22.7 Å². The molecule has 1 saturated heterocycles. The highest BCUT2D eigenvalue weighted by Gasteiger charge is 2.42. The van der Waals surface area contributed by atoms with Gasteiger partial charge in [-0.1, -0.05) is 13.8 Å². The van der Waals surface area contributed by atoms with Crippen molar-refractivity contribution < 1.29 is 14.6 Å². The van der Waals surface area contributed by atoms with Gasteiger partial charge in [-0.2, -0.15) is 0 Å². The van der Waals surface area contributed by atoms with E-state index in [9.17, 15) is 9.59 Å². The van der Waals surface area contributed by atoms with Gasteiger partial charge < -0.3 is 19.3 Å². The van der Waals surface area contributed by atoms with Crippen LogP contribution in [0.2, 0.25) is 0 Å². The fourth-order valence-corrected chi connectivity index (χ4v) is 2.43. The molecule has 2 heterocycles. The molecule has 1 aromatic rings. The minimum atomic E-state index is -0.994. The normalized spacial score (nSPS) is 16.9. The monoisotopic (exact) mass is 295 g/mol. The first-order chi connectivity index (χ1) is 9.81. The van der Waals surface area contributed by atoms with Crippen LogP contribution >= 0.6 is 0 Å². The highest BCUT2D eigenvalue weighted by atomic mass is 16.5. The first-order valence-electron chi connectivity index (χ1n) is 6.97. The molecule has 1 fully saturated rings. The molecule has 1 N–H and O–H groups in total. The summed E-state index contributed by atoms with van der Waals surface area (Å²) >= 11 is 0. The number of hydrogen-bond donors (Lipinski definition) is 1. The van der Waals surface area contributed by atoms with Gasteiger partial charge in [-0.05, 0) is 12.8 Å². The van der Waals surface area contributed by atoms with E-state index in [0.717, 1.165) is 0 Å². The Morgan fingerprint density at radius 1 is 1.52 bits per heavy atom. The molecule has 7 heteroatoms. The summed E-state index contributed by atoms with van der Waals surface area (Å²) in [4.78, 5) is 28.8. The molecule has 0 aliphatic carbocycles. The van der Waals surface area contributed by atoms with Crippen molar-refractivity contribution in [2.24, 2.45) is 5.92 Å². The van der Waals surface area contributed by atoms with E-state index >= 15 is 0 Å². The van der Waals surface area contributed by atoms with Gasteiger partial charge >= 0.3 is 5.97 Å². The minimum Gasteiger partial charge on any atom is -0.480 e. The van der Waals surface area contributed by atoms with E-state index in [1.54, 1.807) is 17.0 Å². The van der Waals surface area contributed by atoms with Gasteiger partial charge in [0.05, 0.1) is 13.1 Å². The zero-order valence-electron chi connectivity index (χ0n) is 12.6. The van der Waals surface area contributed by atoms with Crippen LogP contribution in [-0.2, 0) is 16.1 Å². The lowest BCUT2D eigenvalue weighted by molar-refractivity contribution is -0.150. The second-order valence-corrected chi connectivity index (χ2v) is 6.09. The van der Waals surface area contributed by atoms with Gasteiger partial charge in [-0.15, -0.1) is 0 Å². The Labute approximate surface area is 123 Å². The van der Waals surface area contributed by atoms with E-state index in [1.807, 2.05) is 25.7 Å². The summed E-state index contributed by atoms with van der Waals surface area (Å²) in [5.41, 5.74) is -0.655. The Hall–Kier alpha value is -1.89. The van der Waals surface area contributed by atoms with Crippen LogP contribution in [-0.4, -0.2) is 45.9 Å². The Kier molecular flexibility index (Phi) is 4.32. The number of carboxylic acids is 1. The first-order valence-corrected chi connectivity index (χ1v) is 6.97. The van der Waals surface area contributed by atoms with E-state index in [0.29, 0.717) is 31.4 Å². The van der Waals surface area contributed by atoms with Crippen LogP contribution in [0.5, 0.6) is 0 Å². The number of aromatic nitrogens is 2. The predicted molar refractivity (Wildman–Crippen MR) is 77.5 cm³/mol. The van der Waals surface area contributed by atoms with Crippen molar-refractivity contribution in [1.82, 2.24) is 9.55 Å². The summed E-state index contributed by atoms with van der Waals surface area (Å²) < 4.78 is 6.99. The average molecular weight is 295 g/mol. The van der Waals surface area contributed by atoms with Crippen molar-refractivity contribution in [2.75, 3.05) is 24.6 Å². The first kappa shape index (κ1) is 15.5. The molecule has 0 bridgehead atoms. The fourth-order valence-electron chi connectivity index (χ4n) is 2.43. The lowest BCUT2D eigenvalue weighted by atomic mass is 9.96. The van der Waals surface area contributed by atoms with E-state index in [1.165, 1.54) is 0 Å². The molecule has 0 unspecified atom stereocenters. The molecule has 0 amide bonds. The van der Waals surface area contributed by atoms with Crippen molar-refractivity contribution >= 4 is 11.8 Å². The predicted octanol–water partition coefficient (Wildman–Crippen LogP) is 0.579. The number of aliphatic carboxylic acids is 1. The minimum absolute atomic E-state index is 0.119. The molecule has 116 valence electrons. The molecule has 0 atom stereocenters. The highest BCUT2D eigenvalue weighted by molar-refractivity contribution is 5.68. The quantitative estimate of drug-likeness (QED) is 0.826. The molecule has 1 aliphatic heterocycles. The highest BCUT2D eigenvalue weighted by Crippen LogP contribution is 2.27. The van der Waals surface area contributed by atoms with Gasteiger partial charge in [-0.25, -0.2) is 9.78 Å². The Morgan fingerprint density at radius 2 is 2.19 bits per heavy atom. The fraction of sp³-hybridized carbons (Fsp3) is 0.643. The summed E-state index contributed by atoms with van der Waals surface area (Å²) in [6.45, 7) is 7.18. The van der Waals surface area contributed by atoms with Gasteiger partial charge in [0.25, 0.3) is 5.56 Å². The Bertz CT molecular complexity index is 576. The summed E-state index contributed by atoms with van der Waals surface area (Å²) in [5.74, 6) is -0.222. The van der Waals surface area contributed by atoms with Gasteiger partial charge in [0.15, 0.2) is 5.82 Å². The van der Waals surface area contributed by atoms with Crippen LogP contribution in [0.1, 0.15) is 20.8 Å². The molecule has 0 radical (unpaired) electrons. The standard InChI is InChI=1S/C14H21N3O4/c1-10(2)6-16-5-4-15-12(13(16)20)17-8-14(3,9-17)21-7-11(18)19/h4-5,10H,6-9H2,1-3H3,(H,18,19). The average Bonchev–Trinajstić information content (AvgIpc) is 2.35. The Balaban J connectivity index is 2.05. The maximum absolute atomic E-state index is 12.3. The molecule has 7 nitrogen and oxygen atoms in total. The van der Waals surface area contributed by atoms with E-state index in [2.05, 4.69) is 4.98 Å². The summed E-state index contributed by atoms with van der Waals surface area (Å²) in [7, 11) is 0. The SMILES string of the molecule is CC(C)Cn1ccnc(N2CC(C)(OCC(=O)O)C2)c1=O. The van der Waals surface area contributed by atoms with Gasteiger partial charge in [-0.3, -0.25) is 4.79 Å². The van der Waals surface area contributed by atoms with Gasteiger partial charge in [0.2, 0.25) is 0 Å². The van der Waals surface area contributed by atoms with Crippen LogP contribution in [0.3, 0.4) is 0 Å². The number of carboxylic acid groups (broad SMARTS) is 1. The van der Waals surface area contributed by atoms with Crippen LogP contribution < -0.4 is 10.5 Å². The smallest absolute Gasteiger partial charge is 0.329 e. The lowest BCUT2D eigenvalue weighted by Crippen LogP contribution is -2.63. The number of rotatable bonds is 6. The summed E-state index contributed by atoms with van der Waals surface area (Å²) in [6, 6.07) is 0. The lowest BCUT2D eigenvalue weighted by Gasteiger charge is -2.47. The number of nitrogens with zero attached hydrogens (tertiary/aromatic N) is 3. The maximum Gasteiger partial charge on any atom is 0.329 e. The van der Waals surface area contributed by atoms with Crippen molar-refractivity contribution in [3.8, 4) is 0 Å². The zero-order valence-corrected chi connectivity index (χ0v) is 12.6.